The van der Waals surface area contributed by atoms with Crippen LogP contribution in [-0.4, -0.2) is 15.0 Å². The molecule has 21 heavy (non-hydrogen) atoms. The third-order valence-electron chi connectivity index (χ3n) is 3.38. The third kappa shape index (κ3) is 2.49. The Balaban J connectivity index is 2.25. The number of pyridine rings is 1. The van der Waals surface area contributed by atoms with Gasteiger partial charge in [-0.2, -0.15) is 0 Å². The molecule has 3 aromatic heterocycles. The predicted octanol–water partition coefficient (Wildman–Crippen LogP) is 3.65. The number of hydrogen-bond donors (Lipinski definition) is 1. The van der Waals surface area contributed by atoms with Crippen LogP contribution in [0.2, 0.25) is 0 Å². The zero-order valence-corrected chi connectivity index (χ0v) is 13.3. The molecule has 0 unspecified atom stereocenters. The maximum atomic E-state index is 12.3. The summed E-state index contributed by atoms with van der Waals surface area (Å²) in [6, 6.07) is 5.78. The quantitative estimate of drug-likeness (QED) is 0.746. The van der Waals surface area contributed by atoms with Crippen LogP contribution in [0.3, 0.4) is 0 Å². The molecule has 3 heterocycles. The molecular formula is C16H17N3OS. The van der Waals surface area contributed by atoms with E-state index in [0.29, 0.717) is 11.2 Å². The Morgan fingerprint density at radius 1 is 1.29 bits per heavy atom. The van der Waals surface area contributed by atoms with Crippen LogP contribution in [0.4, 0.5) is 0 Å². The van der Waals surface area contributed by atoms with Gasteiger partial charge in [-0.05, 0) is 30.0 Å². The van der Waals surface area contributed by atoms with E-state index in [4.69, 9.17) is 0 Å². The first-order valence-electron chi connectivity index (χ1n) is 6.82. The lowest BCUT2D eigenvalue weighted by Gasteiger charge is -2.14. The van der Waals surface area contributed by atoms with E-state index in [0.717, 1.165) is 21.0 Å². The lowest BCUT2D eigenvalue weighted by molar-refractivity contribution is 0.604. The van der Waals surface area contributed by atoms with Gasteiger partial charge in [0.05, 0.1) is 5.39 Å². The number of hydrogen-bond acceptors (Lipinski definition) is 4. The van der Waals surface area contributed by atoms with Gasteiger partial charge in [0.2, 0.25) is 0 Å². The second-order valence-electron chi connectivity index (χ2n) is 6.16. The SMILES string of the molecule is Cc1cccnc1-c1nc2sc(C(C)(C)C)cc2c(=O)[nH]1. The van der Waals surface area contributed by atoms with Crippen molar-refractivity contribution in [2.75, 3.05) is 0 Å². The smallest absolute Gasteiger partial charge is 0.259 e. The van der Waals surface area contributed by atoms with E-state index in [1.807, 2.05) is 25.1 Å². The molecule has 0 spiro atoms. The van der Waals surface area contributed by atoms with Crippen molar-refractivity contribution in [1.82, 2.24) is 15.0 Å². The van der Waals surface area contributed by atoms with Gasteiger partial charge in [0.1, 0.15) is 10.5 Å². The lowest BCUT2D eigenvalue weighted by Crippen LogP contribution is -2.10. The molecule has 0 aliphatic heterocycles. The van der Waals surface area contributed by atoms with Crippen LogP contribution in [-0.2, 0) is 5.41 Å². The number of aromatic nitrogens is 3. The van der Waals surface area contributed by atoms with Gasteiger partial charge in [0.15, 0.2) is 5.82 Å². The molecule has 0 fully saturated rings. The van der Waals surface area contributed by atoms with Crippen molar-refractivity contribution in [1.29, 1.82) is 0 Å². The monoisotopic (exact) mass is 299 g/mol. The number of aryl methyl sites for hydroxylation is 1. The molecular weight excluding hydrogens is 282 g/mol. The molecule has 0 amide bonds. The van der Waals surface area contributed by atoms with E-state index < -0.39 is 0 Å². The molecule has 0 radical (unpaired) electrons. The second kappa shape index (κ2) is 4.77. The minimum atomic E-state index is -0.105. The largest absolute Gasteiger partial charge is 0.305 e. The van der Waals surface area contributed by atoms with Crippen LogP contribution in [0.15, 0.2) is 29.2 Å². The Hall–Kier alpha value is -2.01. The van der Waals surface area contributed by atoms with Crippen LogP contribution in [0.25, 0.3) is 21.7 Å². The van der Waals surface area contributed by atoms with Crippen molar-refractivity contribution in [3.63, 3.8) is 0 Å². The zero-order chi connectivity index (χ0) is 15.2. The number of nitrogens with one attached hydrogen (secondary N) is 1. The van der Waals surface area contributed by atoms with Crippen LogP contribution in [0, 0.1) is 6.92 Å². The summed E-state index contributed by atoms with van der Waals surface area (Å²) in [5.74, 6) is 0.535. The van der Waals surface area contributed by atoms with E-state index in [2.05, 4.69) is 35.7 Å². The molecule has 0 aliphatic carbocycles. The fourth-order valence-corrected chi connectivity index (χ4v) is 3.24. The highest BCUT2D eigenvalue weighted by atomic mass is 32.1. The van der Waals surface area contributed by atoms with E-state index in [1.165, 1.54) is 0 Å². The summed E-state index contributed by atoms with van der Waals surface area (Å²) in [4.78, 5) is 26.0. The standard InChI is InChI=1S/C16H17N3OS/c1-9-6-5-7-17-12(9)13-18-14(20)10-8-11(16(2,3)4)21-15(10)19-13/h5-8H,1-4H3,(H,18,19,20). The van der Waals surface area contributed by atoms with Crippen molar-refractivity contribution >= 4 is 21.6 Å². The molecule has 0 aliphatic rings. The van der Waals surface area contributed by atoms with E-state index in [9.17, 15) is 4.79 Å². The van der Waals surface area contributed by atoms with Gasteiger partial charge in [-0.1, -0.05) is 26.8 Å². The Morgan fingerprint density at radius 2 is 2.05 bits per heavy atom. The first kappa shape index (κ1) is 13.9. The lowest BCUT2D eigenvalue weighted by atomic mass is 9.94. The molecule has 108 valence electrons. The highest BCUT2D eigenvalue weighted by molar-refractivity contribution is 7.18. The van der Waals surface area contributed by atoms with Crippen molar-refractivity contribution in [2.45, 2.75) is 33.1 Å². The first-order valence-corrected chi connectivity index (χ1v) is 7.64. The van der Waals surface area contributed by atoms with E-state index >= 15 is 0 Å². The molecule has 0 saturated heterocycles. The summed E-state index contributed by atoms with van der Waals surface area (Å²) in [7, 11) is 0. The average Bonchev–Trinajstić information content (AvgIpc) is 2.83. The third-order valence-corrected chi connectivity index (χ3v) is 4.83. The second-order valence-corrected chi connectivity index (χ2v) is 7.19. The maximum Gasteiger partial charge on any atom is 0.259 e. The Morgan fingerprint density at radius 3 is 2.71 bits per heavy atom. The fraction of sp³-hybridized carbons (Fsp3) is 0.312. The molecule has 1 N–H and O–H groups in total. The van der Waals surface area contributed by atoms with Crippen molar-refractivity contribution in [3.8, 4) is 11.5 Å². The molecule has 3 aromatic rings. The summed E-state index contributed by atoms with van der Waals surface area (Å²) >= 11 is 1.57. The molecule has 5 heteroatoms. The van der Waals surface area contributed by atoms with Crippen molar-refractivity contribution in [3.05, 3.63) is 45.2 Å². The number of fused-ring (bicyclic) bond motifs is 1. The van der Waals surface area contributed by atoms with Crippen molar-refractivity contribution in [2.24, 2.45) is 0 Å². The fourth-order valence-electron chi connectivity index (χ4n) is 2.15. The van der Waals surface area contributed by atoms with Gasteiger partial charge in [-0.3, -0.25) is 9.78 Å². The Kier molecular flexibility index (Phi) is 3.17. The van der Waals surface area contributed by atoms with E-state index in [-0.39, 0.29) is 11.0 Å². The number of aromatic amines is 1. The zero-order valence-electron chi connectivity index (χ0n) is 12.5. The van der Waals surface area contributed by atoms with E-state index in [1.54, 1.807) is 17.5 Å². The van der Waals surface area contributed by atoms with Gasteiger partial charge < -0.3 is 4.98 Å². The maximum absolute atomic E-state index is 12.3. The molecule has 0 aromatic carbocycles. The van der Waals surface area contributed by atoms with Crippen molar-refractivity contribution < 1.29 is 0 Å². The summed E-state index contributed by atoms with van der Waals surface area (Å²) < 4.78 is 0. The summed E-state index contributed by atoms with van der Waals surface area (Å²) in [6.07, 6.45) is 1.71. The number of rotatable bonds is 1. The minimum absolute atomic E-state index is 0.0128. The molecule has 4 nitrogen and oxygen atoms in total. The predicted molar refractivity (Wildman–Crippen MR) is 86.9 cm³/mol. The van der Waals surface area contributed by atoms with Gasteiger partial charge >= 0.3 is 0 Å². The van der Waals surface area contributed by atoms with Crippen LogP contribution >= 0.6 is 11.3 Å². The van der Waals surface area contributed by atoms with Gasteiger partial charge in [0.25, 0.3) is 5.56 Å². The normalized spacial score (nSPS) is 12.0. The van der Waals surface area contributed by atoms with Crippen LogP contribution < -0.4 is 5.56 Å². The average molecular weight is 299 g/mol. The first-order chi connectivity index (χ1) is 9.86. The van der Waals surface area contributed by atoms with Crippen LogP contribution in [0.5, 0.6) is 0 Å². The number of H-pyrrole nitrogens is 1. The summed E-state index contributed by atoms with van der Waals surface area (Å²) in [5, 5.41) is 0.655. The minimum Gasteiger partial charge on any atom is -0.305 e. The molecule has 0 atom stereocenters. The Labute approximate surface area is 126 Å². The summed E-state index contributed by atoms with van der Waals surface area (Å²) in [6.45, 7) is 8.36. The highest BCUT2D eigenvalue weighted by Crippen LogP contribution is 2.32. The molecule has 0 bridgehead atoms. The highest BCUT2D eigenvalue weighted by Gasteiger charge is 2.19. The number of nitrogens with zero attached hydrogens (tertiary/aromatic N) is 2. The number of thiophene rings is 1. The molecule has 3 rings (SSSR count). The Bertz CT molecular complexity index is 871. The molecule has 0 saturated carbocycles. The summed E-state index contributed by atoms with van der Waals surface area (Å²) in [5.41, 5.74) is 1.63. The van der Waals surface area contributed by atoms with Gasteiger partial charge in [-0.15, -0.1) is 11.3 Å². The van der Waals surface area contributed by atoms with Gasteiger partial charge in [-0.25, -0.2) is 4.98 Å². The topological polar surface area (TPSA) is 58.6 Å². The van der Waals surface area contributed by atoms with Gasteiger partial charge in [0, 0.05) is 11.1 Å². The van der Waals surface area contributed by atoms with Crippen LogP contribution in [0.1, 0.15) is 31.2 Å².